The first-order chi connectivity index (χ1) is 10.3. The summed E-state index contributed by atoms with van der Waals surface area (Å²) in [5, 5.41) is 32.7. The number of hydrogen-bond acceptors (Lipinski definition) is 7. The van der Waals surface area contributed by atoms with Crippen LogP contribution in [0.4, 0.5) is 0 Å². The largest absolute Gasteiger partial charge is 0.481 e. The summed E-state index contributed by atoms with van der Waals surface area (Å²) in [5.41, 5.74) is 10.3. The molecule has 9 N–H and O–H groups in total. The predicted molar refractivity (Wildman–Crippen MR) is 84.2 cm³/mol. The molecule has 0 spiro atoms. The number of nitrogens with one attached hydrogen (secondary N) is 1. The Morgan fingerprint density at radius 2 is 0.792 bits per heavy atom. The molecule has 24 heavy (non-hydrogen) atoms. The Morgan fingerprint density at radius 3 is 0.875 bits per heavy atom. The SMILES string of the molecule is CC(=O)O.CC(=O)O.CC(=O)O.CC(=O)O.NCCNCCN.[Gd]. The molecule has 0 aromatic rings. The van der Waals surface area contributed by atoms with Crippen LogP contribution in [0.25, 0.3) is 0 Å². The standard InChI is InChI=1S/C4H13N3.4C2H4O2.Gd/c5-1-3-7-4-2-6;4*1-2(3)4;/h7H,1-6H2;4*1H3,(H,3,4);. The van der Waals surface area contributed by atoms with Crippen molar-refractivity contribution in [2.75, 3.05) is 26.2 Å². The molecule has 12 heteroatoms. The number of carboxylic acid groups (broad SMARTS) is 4. The van der Waals surface area contributed by atoms with Crippen LogP contribution in [-0.4, -0.2) is 70.5 Å². The monoisotopic (exact) mass is 501 g/mol. The van der Waals surface area contributed by atoms with Crippen LogP contribution < -0.4 is 16.8 Å². The van der Waals surface area contributed by atoms with Crippen LogP contribution in [0.5, 0.6) is 0 Å². The van der Waals surface area contributed by atoms with Gasteiger partial charge in [-0.1, -0.05) is 0 Å². The molecule has 0 aliphatic carbocycles. The van der Waals surface area contributed by atoms with Gasteiger partial charge in [0.1, 0.15) is 0 Å². The maximum atomic E-state index is 9.00. The van der Waals surface area contributed by atoms with Gasteiger partial charge in [0.05, 0.1) is 0 Å². The summed E-state index contributed by atoms with van der Waals surface area (Å²) in [6, 6.07) is 0. The van der Waals surface area contributed by atoms with Gasteiger partial charge in [-0.25, -0.2) is 0 Å². The van der Waals surface area contributed by atoms with Crippen molar-refractivity contribution in [3.8, 4) is 0 Å². The third-order valence-electron chi connectivity index (χ3n) is 0.642. The van der Waals surface area contributed by atoms with Crippen molar-refractivity contribution in [2.45, 2.75) is 27.7 Å². The van der Waals surface area contributed by atoms with Gasteiger partial charge in [-0.3, -0.25) is 19.2 Å². The Labute approximate surface area is 173 Å². The van der Waals surface area contributed by atoms with Crippen molar-refractivity contribution in [1.29, 1.82) is 0 Å². The van der Waals surface area contributed by atoms with Gasteiger partial charge in [-0.05, 0) is 0 Å². The van der Waals surface area contributed by atoms with Gasteiger partial charge < -0.3 is 37.2 Å². The zero-order valence-corrected chi connectivity index (χ0v) is 16.5. The topological polar surface area (TPSA) is 213 Å². The Hall–Kier alpha value is -0.915. The smallest absolute Gasteiger partial charge is 0.300 e. The van der Waals surface area contributed by atoms with Gasteiger partial charge in [0, 0.05) is 93.8 Å². The van der Waals surface area contributed by atoms with Crippen LogP contribution in [-0.2, 0) is 19.2 Å². The predicted octanol–water partition coefficient (Wildman–Crippen LogP) is -1.14. The van der Waals surface area contributed by atoms with Crippen molar-refractivity contribution in [3.63, 3.8) is 0 Å². The summed E-state index contributed by atoms with van der Waals surface area (Å²) in [4.78, 5) is 36.0. The van der Waals surface area contributed by atoms with Gasteiger partial charge >= 0.3 is 0 Å². The maximum absolute atomic E-state index is 9.00. The van der Waals surface area contributed by atoms with Crippen LogP contribution in [0, 0.1) is 39.9 Å². The van der Waals surface area contributed by atoms with E-state index < -0.39 is 23.9 Å². The van der Waals surface area contributed by atoms with E-state index in [-0.39, 0.29) is 39.9 Å². The summed E-state index contributed by atoms with van der Waals surface area (Å²) in [7, 11) is 0. The molecule has 0 aliphatic rings. The average Bonchev–Trinajstić information content (AvgIpc) is 2.26. The van der Waals surface area contributed by atoms with Crippen molar-refractivity contribution in [3.05, 3.63) is 0 Å². The Kier molecular flexibility index (Phi) is 61.0. The minimum absolute atomic E-state index is 0. The van der Waals surface area contributed by atoms with Gasteiger partial charge in [-0.15, -0.1) is 0 Å². The first-order valence-corrected chi connectivity index (χ1v) is 6.23. The van der Waals surface area contributed by atoms with Gasteiger partial charge in [-0.2, -0.15) is 0 Å². The Morgan fingerprint density at radius 1 is 0.667 bits per heavy atom. The summed E-state index contributed by atoms with van der Waals surface area (Å²) in [5.74, 6) is -3.33. The van der Waals surface area contributed by atoms with E-state index in [1.54, 1.807) is 0 Å². The minimum Gasteiger partial charge on any atom is -0.481 e. The maximum Gasteiger partial charge on any atom is 0.300 e. The van der Waals surface area contributed by atoms with Crippen LogP contribution in [0.15, 0.2) is 0 Å². The van der Waals surface area contributed by atoms with Gasteiger partial charge in [0.2, 0.25) is 0 Å². The fraction of sp³-hybridized carbons (Fsp3) is 0.667. The fourth-order valence-corrected chi connectivity index (χ4v) is 0.329. The number of nitrogens with two attached hydrogens (primary N) is 2. The molecule has 0 rings (SSSR count). The molecule has 0 atom stereocenters. The zero-order valence-electron chi connectivity index (χ0n) is 14.3. The van der Waals surface area contributed by atoms with E-state index in [1.165, 1.54) is 0 Å². The molecule has 0 saturated carbocycles. The molecule has 0 aliphatic heterocycles. The van der Waals surface area contributed by atoms with Crippen LogP contribution >= 0.6 is 0 Å². The molecular formula is C12H29GdN3O8. The first kappa shape index (κ1) is 38.6. The van der Waals surface area contributed by atoms with E-state index in [0.717, 1.165) is 40.8 Å². The molecule has 0 saturated heterocycles. The van der Waals surface area contributed by atoms with Gasteiger partial charge in [0.15, 0.2) is 0 Å². The number of aliphatic carboxylic acids is 4. The van der Waals surface area contributed by atoms with Crippen molar-refractivity contribution < 1.29 is 79.5 Å². The second-order valence-corrected chi connectivity index (χ2v) is 3.40. The second-order valence-electron chi connectivity index (χ2n) is 3.40. The Bertz CT molecular complexity index is 236. The molecule has 0 fully saturated rings. The van der Waals surface area contributed by atoms with Crippen molar-refractivity contribution in [1.82, 2.24) is 5.32 Å². The number of carboxylic acids is 4. The molecule has 11 nitrogen and oxygen atoms in total. The average molecular weight is 501 g/mol. The first-order valence-electron chi connectivity index (χ1n) is 6.23. The Balaban J connectivity index is -0.0000000429. The normalized spacial score (nSPS) is 6.92. The van der Waals surface area contributed by atoms with E-state index in [4.69, 9.17) is 51.1 Å². The zero-order chi connectivity index (χ0) is 19.8. The molecule has 148 valence electrons. The molecule has 0 aromatic carbocycles. The summed E-state index contributed by atoms with van der Waals surface area (Å²) in [6.07, 6.45) is 0. The molecular weight excluding hydrogens is 471 g/mol. The molecule has 0 unspecified atom stereocenters. The molecule has 0 bridgehead atoms. The number of hydrogen-bond donors (Lipinski definition) is 7. The molecule has 0 heterocycles. The van der Waals surface area contributed by atoms with Crippen molar-refractivity contribution in [2.24, 2.45) is 11.5 Å². The van der Waals surface area contributed by atoms with Crippen LogP contribution in [0.3, 0.4) is 0 Å². The third-order valence-corrected chi connectivity index (χ3v) is 0.642. The van der Waals surface area contributed by atoms with Crippen LogP contribution in [0.1, 0.15) is 27.7 Å². The van der Waals surface area contributed by atoms with Crippen LogP contribution in [0.2, 0.25) is 0 Å². The number of carbonyl (C=O) groups is 4. The quantitative estimate of drug-likeness (QED) is 0.229. The van der Waals surface area contributed by atoms with E-state index in [0.29, 0.717) is 13.1 Å². The molecule has 0 radical (unpaired) electrons. The molecule has 0 amide bonds. The van der Waals surface area contributed by atoms with E-state index in [1.807, 2.05) is 0 Å². The van der Waals surface area contributed by atoms with E-state index >= 15 is 0 Å². The summed E-state index contributed by atoms with van der Waals surface area (Å²) in [6.45, 7) is 7.47. The second kappa shape index (κ2) is 37.9. The van der Waals surface area contributed by atoms with Gasteiger partial charge in [0.25, 0.3) is 23.9 Å². The fourth-order valence-electron chi connectivity index (χ4n) is 0.329. The molecule has 0 aromatic heterocycles. The summed E-state index contributed by atoms with van der Waals surface area (Å²) < 4.78 is 0. The minimum atomic E-state index is -0.833. The number of rotatable bonds is 4. The van der Waals surface area contributed by atoms with E-state index in [9.17, 15) is 0 Å². The summed E-state index contributed by atoms with van der Waals surface area (Å²) >= 11 is 0. The van der Waals surface area contributed by atoms with E-state index in [2.05, 4.69) is 5.32 Å². The van der Waals surface area contributed by atoms with Crippen molar-refractivity contribution >= 4 is 23.9 Å². The third kappa shape index (κ3) is 894.